The fourth-order valence-corrected chi connectivity index (χ4v) is 2.43. The van der Waals surface area contributed by atoms with Crippen molar-refractivity contribution in [2.75, 3.05) is 0 Å². The van der Waals surface area contributed by atoms with Crippen LogP contribution in [0.1, 0.15) is 25.3 Å². The number of aromatic nitrogens is 2. The number of nitrogens with zero attached hydrogens (tertiary/aromatic N) is 1. The predicted molar refractivity (Wildman–Crippen MR) is 75.5 cm³/mol. The number of rotatable bonds is 2. The Hall–Kier alpha value is -2.23. The Morgan fingerprint density at radius 3 is 2.65 bits per heavy atom. The summed E-state index contributed by atoms with van der Waals surface area (Å²) >= 11 is 0. The molecule has 4 heteroatoms. The lowest BCUT2D eigenvalue weighted by molar-refractivity contribution is 0.596. The van der Waals surface area contributed by atoms with Crippen LogP contribution in [-0.4, -0.2) is 9.97 Å². The van der Waals surface area contributed by atoms with E-state index in [9.17, 15) is 8.78 Å². The second-order valence-corrected chi connectivity index (χ2v) is 5.08. The SMILES string of the molecule is CC(C)c1cccc(-c2c(F)ccc3[nH]cnc23)c1F. The zero-order valence-electron chi connectivity index (χ0n) is 11.2. The van der Waals surface area contributed by atoms with Crippen LogP contribution in [0.5, 0.6) is 0 Å². The fraction of sp³-hybridized carbons (Fsp3) is 0.188. The van der Waals surface area contributed by atoms with Gasteiger partial charge in [0.15, 0.2) is 0 Å². The van der Waals surface area contributed by atoms with Crippen LogP contribution >= 0.6 is 0 Å². The first kappa shape index (κ1) is 12.8. The molecular weight excluding hydrogens is 258 g/mol. The number of H-pyrrole nitrogens is 1. The van der Waals surface area contributed by atoms with Gasteiger partial charge in [-0.25, -0.2) is 13.8 Å². The highest BCUT2D eigenvalue weighted by molar-refractivity contribution is 5.92. The van der Waals surface area contributed by atoms with Crippen LogP contribution < -0.4 is 0 Å². The van der Waals surface area contributed by atoms with E-state index in [1.807, 2.05) is 13.8 Å². The summed E-state index contributed by atoms with van der Waals surface area (Å²) in [6.45, 7) is 3.82. The molecule has 0 aliphatic carbocycles. The third-order valence-corrected chi connectivity index (χ3v) is 3.46. The Morgan fingerprint density at radius 1 is 1.10 bits per heavy atom. The van der Waals surface area contributed by atoms with Crippen molar-refractivity contribution < 1.29 is 8.78 Å². The molecule has 0 aliphatic rings. The minimum absolute atomic E-state index is 0.0383. The van der Waals surface area contributed by atoms with Crippen LogP contribution in [0.3, 0.4) is 0 Å². The summed E-state index contributed by atoms with van der Waals surface area (Å²) in [5.41, 5.74) is 2.19. The van der Waals surface area contributed by atoms with Crippen molar-refractivity contribution in [2.45, 2.75) is 19.8 Å². The molecule has 0 fully saturated rings. The predicted octanol–water partition coefficient (Wildman–Crippen LogP) is 4.63. The van der Waals surface area contributed by atoms with Crippen LogP contribution in [0.15, 0.2) is 36.7 Å². The van der Waals surface area contributed by atoms with Crippen molar-refractivity contribution in [1.29, 1.82) is 0 Å². The molecule has 0 spiro atoms. The normalized spacial score (nSPS) is 11.4. The summed E-state index contributed by atoms with van der Waals surface area (Å²) in [6.07, 6.45) is 1.48. The molecule has 0 unspecified atom stereocenters. The van der Waals surface area contributed by atoms with E-state index in [0.717, 1.165) is 0 Å². The van der Waals surface area contributed by atoms with E-state index in [2.05, 4.69) is 9.97 Å². The van der Waals surface area contributed by atoms with Gasteiger partial charge in [-0.2, -0.15) is 0 Å². The fourth-order valence-electron chi connectivity index (χ4n) is 2.43. The van der Waals surface area contributed by atoms with Gasteiger partial charge in [-0.1, -0.05) is 32.0 Å². The number of nitrogens with one attached hydrogen (secondary N) is 1. The maximum absolute atomic E-state index is 14.6. The van der Waals surface area contributed by atoms with Crippen LogP contribution in [0.4, 0.5) is 8.78 Å². The van der Waals surface area contributed by atoms with Gasteiger partial charge >= 0.3 is 0 Å². The van der Waals surface area contributed by atoms with Gasteiger partial charge in [0.05, 0.1) is 17.4 Å². The lowest BCUT2D eigenvalue weighted by Crippen LogP contribution is -1.97. The Labute approximate surface area is 115 Å². The molecule has 0 bridgehead atoms. The van der Waals surface area contributed by atoms with Gasteiger partial charge in [0, 0.05) is 11.1 Å². The molecule has 0 aliphatic heterocycles. The van der Waals surface area contributed by atoms with E-state index < -0.39 is 5.82 Å². The minimum atomic E-state index is -0.468. The van der Waals surface area contributed by atoms with Gasteiger partial charge < -0.3 is 4.98 Å². The first-order chi connectivity index (χ1) is 9.59. The lowest BCUT2D eigenvalue weighted by atomic mass is 9.95. The lowest BCUT2D eigenvalue weighted by Gasteiger charge is -2.12. The minimum Gasteiger partial charge on any atom is -0.345 e. The number of hydrogen-bond donors (Lipinski definition) is 1. The molecule has 20 heavy (non-hydrogen) atoms. The van der Waals surface area contributed by atoms with Gasteiger partial charge in [0.25, 0.3) is 0 Å². The van der Waals surface area contributed by atoms with E-state index in [-0.39, 0.29) is 22.9 Å². The summed E-state index contributed by atoms with van der Waals surface area (Å²) in [6, 6.07) is 8.00. The van der Waals surface area contributed by atoms with Crippen LogP contribution in [-0.2, 0) is 0 Å². The molecule has 1 aromatic heterocycles. The number of hydrogen-bond acceptors (Lipinski definition) is 1. The summed E-state index contributed by atoms with van der Waals surface area (Å²) in [5, 5.41) is 0. The highest BCUT2D eigenvalue weighted by Gasteiger charge is 2.18. The maximum atomic E-state index is 14.6. The van der Waals surface area contributed by atoms with E-state index in [0.29, 0.717) is 16.6 Å². The van der Waals surface area contributed by atoms with E-state index in [1.54, 1.807) is 24.3 Å². The van der Waals surface area contributed by atoms with Crippen molar-refractivity contribution in [1.82, 2.24) is 9.97 Å². The Morgan fingerprint density at radius 2 is 1.90 bits per heavy atom. The Kier molecular flexibility index (Phi) is 3.01. The highest BCUT2D eigenvalue weighted by Crippen LogP contribution is 2.34. The molecule has 2 aromatic carbocycles. The average molecular weight is 272 g/mol. The Bertz CT molecular complexity index is 775. The van der Waals surface area contributed by atoms with Gasteiger partial charge in [0.2, 0.25) is 0 Å². The van der Waals surface area contributed by atoms with Gasteiger partial charge in [0.1, 0.15) is 11.6 Å². The molecule has 3 aromatic rings. The molecule has 1 heterocycles. The van der Waals surface area contributed by atoms with E-state index in [4.69, 9.17) is 0 Å². The average Bonchev–Trinajstić information content (AvgIpc) is 2.87. The summed E-state index contributed by atoms with van der Waals surface area (Å²) in [7, 11) is 0. The van der Waals surface area contributed by atoms with Crippen molar-refractivity contribution in [3.63, 3.8) is 0 Å². The van der Waals surface area contributed by atoms with Gasteiger partial charge in [-0.15, -0.1) is 0 Å². The van der Waals surface area contributed by atoms with Crippen molar-refractivity contribution in [3.8, 4) is 11.1 Å². The Balaban J connectivity index is 2.34. The molecule has 0 saturated carbocycles. The van der Waals surface area contributed by atoms with E-state index >= 15 is 0 Å². The topological polar surface area (TPSA) is 28.7 Å². The molecule has 0 atom stereocenters. The zero-order valence-corrected chi connectivity index (χ0v) is 11.2. The smallest absolute Gasteiger partial charge is 0.134 e. The largest absolute Gasteiger partial charge is 0.345 e. The molecule has 0 radical (unpaired) electrons. The summed E-state index contributed by atoms with van der Waals surface area (Å²) in [5.74, 6) is -0.808. The van der Waals surface area contributed by atoms with Crippen molar-refractivity contribution >= 4 is 11.0 Å². The maximum Gasteiger partial charge on any atom is 0.134 e. The number of aromatic amines is 1. The first-order valence-electron chi connectivity index (χ1n) is 6.50. The zero-order chi connectivity index (χ0) is 14.3. The van der Waals surface area contributed by atoms with Crippen LogP contribution in [0.25, 0.3) is 22.2 Å². The number of benzene rings is 2. The van der Waals surface area contributed by atoms with Crippen molar-refractivity contribution in [2.24, 2.45) is 0 Å². The third-order valence-electron chi connectivity index (χ3n) is 3.46. The quantitative estimate of drug-likeness (QED) is 0.723. The standard InChI is InChI=1S/C16H14F2N2/c1-9(2)10-4-3-5-11(15(10)18)14-12(17)6-7-13-16(14)20-8-19-13/h3-9H,1-2H3,(H,19,20). The van der Waals surface area contributed by atoms with Gasteiger partial charge in [-0.05, 0) is 23.6 Å². The van der Waals surface area contributed by atoms with Gasteiger partial charge in [-0.3, -0.25) is 0 Å². The van der Waals surface area contributed by atoms with E-state index in [1.165, 1.54) is 12.4 Å². The molecule has 0 saturated heterocycles. The number of fused-ring (bicyclic) bond motifs is 1. The molecule has 1 N–H and O–H groups in total. The molecular formula is C16H14F2N2. The second kappa shape index (κ2) is 4.71. The van der Waals surface area contributed by atoms with Crippen molar-refractivity contribution in [3.05, 3.63) is 53.9 Å². The number of imidazole rings is 1. The molecule has 3 rings (SSSR count). The number of halogens is 2. The first-order valence-corrected chi connectivity index (χ1v) is 6.50. The summed E-state index contributed by atoms with van der Waals surface area (Å²) in [4.78, 5) is 7.02. The highest BCUT2D eigenvalue weighted by atomic mass is 19.1. The molecule has 102 valence electrons. The summed E-state index contributed by atoms with van der Waals surface area (Å²) < 4.78 is 28.8. The third kappa shape index (κ3) is 1.88. The second-order valence-electron chi connectivity index (χ2n) is 5.08. The molecule has 2 nitrogen and oxygen atoms in total. The van der Waals surface area contributed by atoms with Crippen LogP contribution in [0.2, 0.25) is 0 Å². The molecule has 0 amide bonds. The monoisotopic (exact) mass is 272 g/mol. The van der Waals surface area contributed by atoms with Crippen LogP contribution in [0, 0.1) is 11.6 Å².